The van der Waals surface area contributed by atoms with E-state index < -0.39 is 0 Å². The van der Waals surface area contributed by atoms with Crippen molar-refractivity contribution < 1.29 is 9.13 Å². The molecule has 1 atom stereocenters. The molecule has 1 aromatic carbocycles. The molecule has 0 spiro atoms. The summed E-state index contributed by atoms with van der Waals surface area (Å²) in [4.78, 5) is 4.12. The first-order valence-corrected chi connectivity index (χ1v) is 6.19. The van der Waals surface area contributed by atoms with E-state index in [9.17, 15) is 4.39 Å². The van der Waals surface area contributed by atoms with Crippen LogP contribution >= 0.6 is 0 Å². The van der Waals surface area contributed by atoms with E-state index in [4.69, 9.17) is 10.00 Å². The third kappa shape index (κ3) is 3.69. The molecule has 0 radical (unpaired) electrons. The summed E-state index contributed by atoms with van der Waals surface area (Å²) < 4.78 is 18.3. The van der Waals surface area contributed by atoms with E-state index >= 15 is 0 Å². The number of benzene rings is 1. The van der Waals surface area contributed by atoms with Crippen LogP contribution < -0.4 is 10.1 Å². The molecule has 4 nitrogen and oxygen atoms in total. The fourth-order valence-corrected chi connectivity index (χ4v) is 1.64. The highest BCUT2D eigenvalue weighted by Crippen LogP contribution is 2.13. The predicted molar refractivity (Wildman–Crippen MR) is 73.9 cm³/mol. The number of anilines is 1. The molecule has 5 heteroatoms. The van der Waals surface area contributed by atoms with Crippen LogP contribution in [0.15, 0.2) is 42.6 Å². The number of rotatable bonds is 5. The van der Waals surface area contributed by atoms with Crippen molar-refractivity contribution >= 4 is 5.82 Å². The Morgan fingerprint density at radius 2 is 2.10 bits per heavy atom. The normalized spacial score (nSPS) is 11.4. The van der Waals surface area contributed by atoms with Crippen molar-refractivity contribution in [2.75, 3.05) is 11.9 Å². The van der Waals surface area contributed by atoms with Crippen molar-refractivity contribution in [3.63, 3.8) is 0 Å². The molecule has 0 amide bonds. The van der Waals surface area contributed by atoms with Gasteiger partial charge in [0.1, 0.15) is 30.1 Å². The number of ether oxygens (including phenoxy) is 1. The van der Waals surface area contributed by atoms with Gasteiger partial charge in [0, 0.05) is 6.20 Å². The van der Waals surface area contributed by atoms with E-state index in [1.54, 1.807) is 30.5 Å². The number of nitrogens with zero attached hydrogens (tertiary/aromatic N) is 2. The lowest BCUT2D eigenvalue weighted by atomic mass is 10.2. The van der Waals surface area contributed by atoms with Gasteiger partial charge in [0.05, 0.1) is 11.6 Å². The first-order chi connectivity index (χ1) is 9.69. The average Bonchev–Trinajstić information content (AvgIpc) is 2.47. The monoisotopic (exact) mass is 271 g/mol. The van der Waals surface area contributed by atoms with Gasteiger partial charge in [-0.3, -0.25) is 0 Å². The number of nitrogens with one attached hydrogen (secondary N) is 1. The van der Waals surface area contributed by atoms with Crippen LogP contribution in [0, 0.1) is 17.1 Å². The lowest BCUT2D eigenvalue weighted by Crippen LogP contribution is -2.24. The first-order valence-electron chi connectivity index (χ1n) is 6.19. The average molecular weight is 271 g/mol. The number of nitriles is 1. The Kier molecular flexibility index (Phi) is 4.51. The molecule has 1 heterocycles. The molecule has 1 N–H and O–H groups in total. The fourth-order valence-electron chi connectivity index (χ4n) is 1.64. The van der Waals surface area contributed by atoms with Crippen LogP contribution in [0.1, 0.15) is 12.5 Å². The van der Waals surface area contributed by atoms with Crippen molar-refractivity contribution in [1.82, 2.24) is 4.98 Å². The third-order valence-corrected chi connectivity index (χ3v) is 2.62. The molecule has 0 saturated heterocycles. The largest absolute Gasteiger partial charge is 0.491 e. The molecule has 1 aromatic heterocycles. The van der Waals surface area contributed by atoms with Crippen molar-refractivity contribution in [1.29, 1.82) is 5.26 Å². The zero-order valence-electron chi connectivity index (χ0n) is 11.0. The fraction of sp³-hybridized carbons (Fsp3) is 0.200. The minimum atomic E-state index is -0.296. The van der Waals surface area contributed by atoms with Gasteiger partial charge in [-0.1, -0.05) is 0 Å². The maximum Gasteiger partial charge on any atom is 0.144 e. The van der Waals surface area contributed by atoms with Gasteiger partial charge in [0.25, 0.3) is 0 Å². The van der Waals surface area contributed by atoms with Gasteiger partial charge in [0.15, 0.2) is 0 Å². The van der Waals surface area contributed by atoms with Crippen LogP contribution in [-0.4, -0.2) is 17.6 Å². The Hall–Kier alpha value is -2.61. The van der Waals surface area contributed by atoms with Crippen molar-refractivity contribution in [2.24, 2.45) is 0 Å². The molecule has 0 fully saturated rings. The van der Waals surface area contributed by atoms with Gasteiger partial charge < -0.3 is 10.1 Å². The highest BCUT2D eigenvalue weighted by Gasteiger charge is 2.07. The van der Waals surface area contributed by atoms with E-state index in [2.05, 4.69) is 16.4 Å². The van der Waals surface area contributed by atoms with Gasteiger partial charge in [-0.05, 0) is 43.3 Å². The molecule has 0 aliphatic carbocycles. The maximum atomic E-state index is 12.7. The lowest BCUT2D eigenvalue weighted by molar-refractivity contribution is 0.303. The van der Waals surface area contributed by atoms with Gasteiger partial charge in [0.2, 0.25) is 0 Å². The maximum absolute atomic E-state index is 12.7. The predicted octanol–water partition coefficient (Wildman–Crippen LogP) is 2.97. The van der Waals surface area contributed by atoms with Crippen molar-refractivity contribution in [3.8, 4) is 11.8 Å². The zero-order chi connectivity index (χ0) is 14.4. The highest BCUT2D eigenvalue weighted by molar-refractivity contribution is 5.51. The number of hydrogen-bond acceptors (Lipinski definition) is 4. The van der Waals surface area contributed by atoms with Gasteiger partial charge in [-0.15, -0.1) is 0 Å². The molecule has 102 valence electrons. The number of pyridine rings is 1. The standard InChI is InChI=1S/C15H14FN3O/c1-11(10-20-14-6-4-13(16)5-7-14)19-15-12(9-17)3-2-8-18-15/h2-8,11H,10H2,1H3,(H,18,19). The summed E-state index contributed by atoms with van der Waals surface area (Å²) in [5.74, 6) is 0.836. The third-order valence-electron chi connectivity index (χ3n) is 2.62. The van der Waals surface area contributed by atoms with Crippen LogP contribution in [0.4, 0.5) is 10.2 Å². The van der Waals surface area contributed by atoms with E-state index in [1.807, 2.05) is 6.92 Å². The number of aromatic nitrogens is 1. The Bertz CT molecular complexity index is 607. The minimum absolute atomic E-state index is 0.0398. The Morgan fingerprint density at radius 1 is 1.35 bits per heavy atom. The topological polar surface area (TPSA) is 57.9 Å². The molecule has 0 bridgehead atoms. The van der Waals surface area contributed by atoms with Crippen LogP contribution in [0.3, 0.4) is 0 Å². The second-order valence-corrected chi connectivity index (χ2v) is 4.32. The Morgan fingerprint density at radius 3 is 2.80 bits per heavy atom. The molecule has 2 aromatic rings. The summed E-state index contributed by atoms with van der Waals surface area (Å²) in [5, 5.41) is 12.1. The van der Waals surface area contributed by atoms with E-state index in [1.165, 1.54) is 12.1 Å². The molecule has 1 unspecified atom stereocenters. The molecular weight excluding hydrogens is 257 g/mol. The van der Waals surface area contributed by atoms with Gasteiger partial charge in [-0.2, -0.15) is 5.26 Å². The van der Waals surface area contributed by atoms with Crippen molar-refractivity contribution in [3.05, 3.63) is 54.0 Å². The summed E-state index contributed by atoms with van der Waals surface area (Å²) in [7, 11) is 0. The van der Waals surface area contributed by atoms with Gasteiger partial charge >= 0.3 is 0 Å². The highest BCUT2D eigenvalue weighted by atomic mass is 19.1. The summed E-state index contributed by atoms with van der Waals surface area (Å²) in [6, 6.07) is 11.3. The number of hydrogen-bond donors (Lipinski definition) is 1. The number of halogens is 1. The Labute approximate surface area is 116 Å². The summed E-state index contributed by atoms with van der Waals surface area (Å²) in [5.41, 5.74) is 0.487. The second-order valence-electron chi connectivity index (χ2n) is 4.32. The molecule has 20 heavy (non-hydrogen) atoms. The summed E-state index contributed by atoms with van der Waals surface area (Å²) in [6.07, 6.45) is 1.62. The van der Waals surface area contributed by atoms with E-state index in [0.717, 1.165) is 0 Å². The lowest BCUT2D eigenvalue weighted by Gasteiger charge is -2.16. The van der Waals surface area contributed by atoms with Crippen LogP contribution in [0.5, 0.6) is 5.75 Å². The minimum Gasteiger partial charge on any atom is -0.491 e. The van der Waals surface area contributed by atoms with Crippen LogP contribution in [-0.2, 0) is 0 Å². The first kappa shape index (κ1) is 13.8. The van der Waals surface area contributed by atoms with E-state index in [-0.39, 0.29) is 11.9 Å². The van der Waals surface area contributed by atoms with E-state index in [0.29, 0.717) is 23.7 Å². The molecule has 0 saturated carbocycles. The molecular formula is C15H14FN3O. The summed E-state index contributed by atoms with van der Waals surface area (Å²) >= 11 is 0. The van der Waals surface area contributed by atoms with Crippen LogP contribution in [0.2, 0.25) is 0 Å². The zero-order valence-corrected chi connectivity index (χ0v) is 11.0. The molecule has 0 aliphatic rings. The Balaban J connectivity index is 1.91. The quantitative estimate of drug-likeness (QED) is 0.908. The second kappa shape index (κ2) is 6.53. The smallest absolute Gasteiger partial charge is 0.144 e. The van der Waals surface area contributed by atoms with Crippen molar-refractivity contribution in [2.45, 2.75) is 13.0 Å². The molecule has 2 rings (SSSR count). The van der Waals surface area contributed by atoms with Crippen LogP contribution in [0.25, 0.3) is 0 Å². The molecule has 0 aliphatic heterocycles. The SMILES string of the molecule is CC(COc1ccc(F)cc1)Nc1ncccc1C#N. The summed E-state index contributed by atoms with van der Waals surface area (Å²) in [6.45, 7) is 2.30. The van der Waals surface area contributed by atoms with Gasteiger partial charge in [-0.25, -0.2) is 9.37 Å².